The predicted molar refractivity (Wildman–Crippen MR) is 208 cm³/mol. The largest absolute Gasteiger partial charge is 0.0636 e. The number of fused-ring (bicyclic) bond motifs is 1. The summed E-state index contributed by atoms with van der Waals surface area (Å²) < 4.78 is 239. The lowest BCUT2D eigenvalue weighted by atomic mass is 9.85. The van der Waals surface area contributed by atoms with Crippen molar-refractivity contribution in [3.05, 3.63) is 169 Å². The molecule has 0 radical (unpaired) electrons. The number of hydrogen-bond acceptors (Lipinski definition) is 0. The second-order valence-electron chi connectivity index (χ2n) is 11.1. The van der Waals surface area contributed by atoms with Gasteiger partial charge in [0.05, 0.1) is 35.6 Å². The van der Waals surface area contributed by atoms with E-state index >= 15 is 0 Å². The molecule has 0 aliphatic rings. The molecule has 0 nitrogen and oxygen atoms in total. The van der Waals surface area contributed by atoms with E-state index in [-0.39, 0.29) is 32.3 Å². The highest BCUT2D eigenvalue weighted by Crippen LogP contribution is 2.45. The van der Waals surface area contributed by atoms with Crippen LogP contribution in [0.3, 0.4) is 0 Å². The SMILES string of the molecule is [2H]c1ccc([2H])c(-c2c([2H])c([2H])c3c([2H])c([2H])c4c([2H])c([2H])c([2H])c5c([2H])c([2H])c2c3c45)c1-c1c([2H])c(-c2c([2H])c([2H])c3c([2H])c([2H])c4c([2H])c([2H])c([2H])c5c([2H])c([2H])c2c3c45)c([2H])c2c([2H])c([2H])c([2H])c([2H])c12. The molecule has 0 amide bonds. The standard InChI is InChI=1S/C48H28/c1-2-12-37-35(7-1)27-36(38-23-19-33-17-15-29-8-5-10-31-21-25-42(38)47(33)45(29)31)28-44(37)40-14-4-3-13-39(40)41-24-20-34-18-16-30-9-6-11-32-22-26-43(41)48(34)46(30)32/h1-28H/i1D,2D,5D,6D,7D,8D,9D,10D,11D,12D,13D,14D,15D,16D,17D,18D,19D,20D,21D,22D,23D,24D,25D,26D,27D,28D. The van der Waals surface area contributed by atoms with Gasteiger partial charge in [-0.1, -0.05) is 157 Å². The maximum atomic E-state index is 10.2. The first kappa shape index (κ1) is 11.5. The van der Waals surface area contributed by atoms with Gasteiger partial charge in [-0.15, -0.1) is 0 Å². The molecule has 0 fully saturated rings. The van der Waals surface area contributed by atoms with Gasteiger partial charge in [0.15, 0.2) is 0 Å². The molecule has 0 saturated carbocycles. The van der Waals surface area contributed by atoms with Gasteiger partial charge in [0.1, 0.15) is 0 Å². The van der Waals surface area contributed by atoms with Gasteiger partial charge in [-0.2, -0.15) is 0 Å². The topological polar surface area (TPSA) is 0 Å². The van der Waals surface area contributed by atoms with Crippen molar-refractivity contribution >= 4 is 75.4 Å². The van der Waals surface area contributed by atoms with Crippen LogP contribution in [0, 0.1) is 0 Å². The highest BCUT2D eigenvalue weighted by Gasteiger charge is 2.18. The third-order valence-corrected chi connectivity index (χ3v) is 8.60. The summed E-state index contributed by atoms with van der Waals surface area (Å²) in [4.78, 5) is 0. The maximum Gasteiger partial charge on any atom is 0.0636 e. The summed E-state index contributed by atoms with van der Waals surface area (Å²) in [5.74, 6) is 0. The smallest absolute Gasteiger partial charge is 0.0616 e. The zero-order valence-corrected chi connectivity index (χ0v) is 24.2. The fourth-order valence-corrected chi connectivity index (χ4v) is 6.54. The average Bonchev–Trinajstić information content (AvgIpc) is 3.35. The molecular formula is C48H28. The molecule has 0 N–H and O–H groups in total. The summed E-state index contributed by atoms with van der Waals surface area (Å²) in [6.07, 6.45) is 0. The summed E-state index contributed by atoms with van der Waals surface area (Å²) in [6.45, 7) is 0. The Balaban J connectivity index is 1.42. The molecule has 0 heteroatoms. The Hall–Kier alpha value is -6.24. The van der Waals surface area contributed by atoms with Gasteiger partial charge in [0, 0.05) is 0 Å². The van der Waals surface area contributed by atoms with Crippen LogP contribution in [0.4, 0.5) is 0 Å². The van der Waals surface area contributed by atoms with Crippen molar-refractivity contribution in [3.8, 4) is 33.4 Å². The summed E-state index contributed by atoms with van der Waals surface area (Å²) in [5.41, 5.74) is -3.85. The minimum atomic E-state index is -0.958. The van der Waals surface area contributed by atoms with Crippen LogP contribution in [0.15, 0.2) is 169 Å². The van der Waals surface area contributed by atoms with Gasteiger partial charge in [-0.25, -0.2) is 0 Å². The molecule has 11 aromatic carbocycles. The number of benzene rings is 11. The van der Waals surface area contributed by atoms with E-state index in [1.54, 1.807) is 0 Å². The molecule has 0 aliphatic heterocycles. The molecule has 0 aliphatic carbocycles. The monoisotopic (exact) mass is 630 g/mol. The van der Waals surface area contributed by atoms with Crippen molar-refractivity contribution in [1.82, 2.24) is 0 Å². The fraction of sp³-hybridized carbons (Fsp3) is 0. The molecule has 0 unspecified atom stereocenters. The van der Waals surface area contributed by atoms with Crippen molar-refractivity contribution in [2.24, 2.45) is 0 Å². The first-order valence-corrected chi connectivity index (χ1v) is 14.7. The summed E-state index contributed by atoms with van der Waals surface area (Å²) in [5, 5.41) is -5.87. The first-order valence-electron chi connectivity index (χ1n) is 27.7. The molecule has 0 heterocycles. The van der Waals surface area contributed by atoms with Gasteiger partial charge in [0.25, 0.3) is 0 Å². The second kappa shape index (κ2) is 9.64. The summed E-state index contributed by atoms with van der Waals surface area (Å²) >= 11 is 0. The van der Waals surface area contributed by atoms with Gasteiger partial charge in [-0.3, -0.25) is 0 Å². The lowest BCUT2D eigenvalue weighted by molar-refractivity contribution is 1.62. The van der Waals surface area contributed by atoms with E-state index in [0.29, 0.717) is 0 Å². The lowest BCUT2D eigenvalue weighted by Crippen LogP contribution is -1.92. The van der Waals surface area contributed by atoms with Crippen molar-refractivity contribution in [1.29, 1.82) is 0 Å². The maximum absolute atomic E-state index is 10.2. The Morgan fingerprint density at radius 2 is 0.729 bits per heavy atom. The molecule has 0 saturated heterocycles. The highest BCUT2D eigenvalue weighted by molar-refractivity contribution is 6.27. The highest BCUT2D eigenvalue weighted by atomic mass is 14.2. The van der Waals surface area contributed by atoms with Gasteiger partial charge in [-0.05, 0) is 121 Å². The lowest BCUT2D eigenvalue weighted by Gasteiger charge is -2.19. The number of hydrogen-bond donors (Lipinski definition) is 0. The van der Waals surface area contributed by atoms with Gasteiger partial charge >= 0.3 is 0 Å². The molecule has 0 aromatic heterocycles. The van der Waals surface area contributed by atoms with E-state index in [1.165, 1.54) is 0 Å². The van der Waals surface area contributed by atoms with Crippen LogP contribution in [-0.2, 0) is 0 Å². The van der Waals surface area contributed by atoms with Crippen LogP contribution in [0.5, 0.6) is 0 Å². The van der Waals surface area contributed by atoms with Gasteiger partial charge < -0.3 is 0 Å². The Kier molecular flexibility index (Phi) is 2.30. The Labute approximate surface area is 314 Å². The van der Waals surface area contributed by atoms with E-state index in [9.17, 15) is 19.2 Å². The minimum absolute atomic E-state index is 0.250. The third kappa shape index (κ3) is 3.55. The normalized spacial score (nSPS) is 19.8. The minimum Gasteiger partial charge on any atom is -0.0616 e. The van der Waals surface area contributed by atoms with Crippen LogP contribution < -0.4 is 0 Å². The Morgan fingerprint density at radius 1 is 0.271 bits per heavy atom. The molecular weight excluding hydrogens is 577 g/mol. The molecule has 48 heavy (non-hydrogen) atoms. The summed E-state index contributed by atoms with van der Waals surface area (Å²) in [6, 6.07) is -18.2. The second-order valence-corrected chi connectivity index (χ2v) is 11.1. The molecule has 0 atom stereocenters. The number of rotatable bonds is 3. The van der Waals surface area contributed by atoms with Crippen molar-refractivity contribution < 1.29 is 35.6 Å². The zero-order valence-electron chi connectivity index (χ0n) is 50.2. The van der Waals surface area contributed by atoms with Crippen molar-refractivity contribution in [2.75, 3.05) is 0 Å². The third-order valence-electron chi connectivity index (χ3n) is 8.60. The van der Waals surface area contributed by atoms with Gasteiger partial charge in [0.2, 0.25) is 0 Å². The first-order chi connectivity index (χ1) is 34.7. The van der Waals surface area contributed by atoms with Crippen LogP contribution >= 0.6 is 0 Å². The quantitative estimate of drug-likeness (QED) is 0.170. The van der Waals surface area contributed by atoms with E-state index in [1.807, 2.05) is 0 Å². The fourth-order valence-electron chi connectivity index (χ4n) is 6.54. The van der Waals surface area contributed by atoms with E-state index < -0.39 is 234 Å². The van der Waals surface area contributed by atoms with Crippen LogP contribution in [0.25, 0.3) is 109 Å². The average molecular weight is 631 g/mol. The Morgan fingerprint density at radius 3 is 1.35 bits per heavy atom. The van der Waals surface area contributed by atoms with Crippen LogP contribution in [0.2, 0.25) is 0 Å². The van der Waals surface area contributed by atoms with Crippen molar-refractivity contribution in [2.45, 2.75) is 0 Å². The van der Waals surface area contributed by atoms with E-state index in [4.69, 9.17) is 16.4 Å². The van der Waals surface area contributed by atoms with E-state index in [2.05, 4.69) is 0 Å². The zero-order chi connectivity index (χ0) is 54.0. The molecule has 0 bridgehead atoms. The van der Waals surface area contributed by atoms with E-state index in [0.717, 1.165) is 12.1 Å². The van der Waals surface area contributed by atoms with Crippen LogP contribution in [0.1, 0.15) is 35.6 Å². The molecule has 220 valence electrons. The molecule has 11 rings (SSSR count). The predicted octanol–water partition coefficient (Wildman–Crippen LogP) is 13.6. The van der Waals surface area contributed by atoms with Crippen molar-refractivity contribution in [3.63, 3.8) is 0 Å². The molecule has 11 aromatic rings. The summed E-state index contributed by atoms with van der Waals surface area (Å²) in [7, 11) is 0. The molecule has 0 spiro atoms. The van der Waals surface area contributed by atoms with Crippen LogP contribution in [-0.4, -0.2) is 0 Å². The Bertz CT molecular complexity index is 4490.